The largest absolute Gasteiger partial charge is 0.359 e. The number of hydrogen-bond donors (Lipinski definition) is 1. The number of fused-ring (bicyclic) bond motifs is 1. The third-order valence-electron chi connectivity index (χ3n) is 4.51. The summed E-state index contributed by atoms with van der Waals surface area (Å²) in [5.74, 6) is 2.02. The average molecular weight is 503 g/mol. The lowest BCUT2D eigenvalue weighted by molar-refractivity contribution is 0.375. The highest BCUT2D eigenvalue weighted by atomic mass is 127. The third kappa shape index (κ3) is 5.91. The maximum absolute atomic E-state index is 5.39. The smallest absolute Gasteiger partial charge is 0.194 e. The van der Waals surface area contributed by atoms with Crippen molar-refractivity contribution in [1.82, 2.24) is 20.4 Å². The second kappa shape index (κ2) is 10.4. The Hall–Kier alpha value is -1.16. The highest BCUT2D eigenvalue weighted by Gasteiger charge is 2.17. The Labute approximate surface area is 182 Å². The number of guanidine groups is 1. The van der Waals surface area contributed by atoms with E-state index < -0.39 is 0 Å². The molecule has 27 heavy (non-hydrogen) atoms. The minimum atomic E-state index is 0. The Kier molecular flexibility index (Phi) is 8.53. The number of thiazole rings is 1. The zero-order valence-corrected chi connectivity index (χ0v) is 19.8. The zero-order chi connectivity index (χ0) is 18.5. The Balaban J connectivity index is 0.00000261. The lowest BCUT2D eigenvalue weighted by Gasteiger charge is -2.20. The van der Waals surface area contributed by atoms with Gasteiger partial charge in [-0.15, -0.1) is 35.3 Å². The van der Waals surface area contributed by atoms with Gasteiger partial charge in [-0.3, -0.25) is 0 Å². The van der Waals surface area contributed by atoms with Crippen molar-refractivity contribution < 1.29 is 4.52 Å². The Morgan fingerprint density at radius 3 is 2.81 bits per heavy atom. The second-order valence-electron chi connectivity index (χ2n) is 7.08. The first-order chi connectivity index (χ1) is 12.6. The van der Waals surface area contributed by atoms with Crippen molar-refractivity contribution in [3.05, 3.63) is 33.1 Å². The topological polar surface area (TPSA) is 66.6 Å². The molecule has 2 aromatic rings. The molecule has 0 atom stereocenters. The summed E-state index contributed by atoms with van der Waals surface area (Å²) in [4.78, 5) is 13.2. The van der Waals surface area contributed by atoms with Gasteiger partial charge in [0.1, 0.15) is 11.6 Å². The summed E-state index contributed by atoms with van der Waals surface area (Å²) in [6, 6.07) is 1.99. The number of hydrogen-bond acceptors (Lipinski definition) is 5. The summed E-state index contributed by atoms with van der Waals surface area (Å²) in [6.45, 7) is 8.38. The van der Waals surface area contributed by atoms with E-state index in [1.165, 1.54) is 34.8 Å². The lowest BCUT2D eigenvalue weighted by Crippen LogP contribution is -2.38. The second-order valence-corrected chi connectivity index (χ2v) is 8.25. The van der Waals surface area contributed by atoms with Gasteiger partial charge in [-0.1, -0.05) is 19.0 Å². The van der Waals surface area contributed by atoms with Gasteiger partial charge in [0, 0.05) is 24.5 Å². The quantitative estimate of drug-likeness (QED) is 0.361. The Bertz CT molecular complexity index is 732. The first-order valence-electron chi connectivity index (χ1n) is 9.49. The van der Waals surface area contributed by atoms with Crippen LogP contribution in [0.25, 0.3) is 0 Å². The molecule has 2 aromatic heterocycles. The van der Waals surface area contributed by atoms with Gasteiger partial charge in [0.15, 0.2) is 11.7 Å². The van der Waals surface area contributed by atoms with Gasteiger partial charge in [-0.25, -0.2) is 9.98 Å². The molecule has 0 fully saturated rings. The molecule has 0 aromatic carbocycles. The van der Waals surface area contributed by atoms with Crippen LogP contribution in [0, 0.1) is 0 Å². The van der Waals surface area contributed by atoms with E-state index in [2.05, 4.69) is 43.2 Å². The molecule has 0 aliphatic heterocycles. The minimum absolute atomic E-state index is 0. The van der Waals surface area contributed by atoms with Crippen molar-refractivity contribution >= 4 is 41.3 Å². The predicted molar refractivity (Wildman–Crippen MR) is 121 cm³/mol. The first kappa shape index (κ1) is 22.1. The monoisotopic (exact) mass is 503 g/mol. The number of halogens is 1. The normalized spacial score (nSPS) is 14.0. The molecule has 1 N–H and O–H groups in total. The van der Waals surface area contributed by atoms with E-state index in [4.69, 9.17) is 14.5 Å². The molecule has 0 radical (unpaired) electrons. The molecule has 0 bridgehead atoms. The molecule has 150 valence electrons. The number of nitrogens with one attached hydrogen (secondary N) is 1. The summed E-state index contributed by atoms with van der Waals surface area (Å²) in [5, 5.41) is 8.63. The molecule has 0 spiro atoms. The fraction of sp³-hybridized carbons (Fsp3) is 0.632. The summed E-state index contributed by atoms with van der Waals surface area (Å²) in [7, 11) is 2.06. The highest BCUT2D eigenvalue weighted by molar-refractivity contribution is 14.0. The van der Waals surface area contributed by atoms with E-state index in [1.807, 2.05) is 17.4 Å². The van der Waals surface area contributed by atoms with E-state index in [-0.39, 0.29) is 24.0 Å². The van der Waals surface area contributed by atoms with E-state index in [0.717, 1.165) is 36.9 Å². The standard InChI is InChI=1S/C19H29N5OS.HI/c1-5-20-19(21-11-14-10-16(13(2)3)23-25-14)24(4)12-18-22-15-8-6-7-9-17(15)26-18;/h10,13H,5-9,11-12H2,1-4H3,(H,20,21);1H. The summed E-state index contributed by atoms with van der Waals surface area (Å²) < 4.78 is 5.39. The van der Waals surface area contributed by atoms with Crippen LogP contribution in [0.1, 0.15) is 66.6 Å². The van der Waals surface area contributed by atoms with Crippen molar-refractivity contribution in [2.75, 3.05) is 13.6 Å². The van der Waals surface area contributed by atoms with Gasteiger partial charge < -0.3 is 14.7 Å². The molecule has 0 unspecified atom stereocenters. The van der Waals surface area contributed by atoms with E-state index in [0.29, 0.717) is 12.5 Å². The van der Waals surface area contributed by atoms with Crippen molar-refractivity contribution in [1.29, 1.82) is 0 Å². The summed E-state index contributed by atoms with van der Waals surface area (Å²) in [5.41, 5.74) is 2.29. The molecule has 0 saturated heterocycles. The maximum Gasteiger partial charge on any atom is 0.194 e. The predicted octanol–water partition coefficient (Wildman–Crippen LogP) is 4.35. The van der Waals surface area contributed by atoms with Crippen molar-refractivity contribution in [3.63, 3.8) is 0 Å². The molecular formula is C19H30IN5OS. The molecule has 8 heteroatoms. The maximum atomic E-state index is 5.39. The van der Waals surface area contributed by atoms with E-state index in [1.54, 1.807) is 0 Å². The number of aryl methyl sites for hydroxylation is 2. The van der Waals surface area contributed by atoms with Crippen LogP contribution in [-0.4, -0.2) is 34.6 Å². The molecule has 2 heterocycles. The fourth-order valence-electron chi connectivity index (χ4n) is 3.05. The summed E-state index contributed by atoms with van der Waals surface area (Å²) >= 11 is 1.86. The van der Waals surface area contributed by atoms with Gasteiger partial charge >= 0.3 is 0 Å². The minimum Gasteiger partial charge on any atom is -0.359 e. The Morgan fingerprint density at radius 2 is 2.15 bits per heavy atom. The van der Waals surface area contributed by atoms with Gasteiger partial charge in [0.05, 0.1) is 17.9 Å². The summed E-state index contributed by atoms with van der Waals surface area (Å²) in [6.07, 6.45) is 4.89. The van der Waals surface area contributed by atoms with Crippen LogP contribution >= 0.6 is 35.3 Å². The fourth-order valence-corrected chi connectivity index (χ4v) is 4.26. The van der Waals surface area contributed by atoms with Gasteiger partial charge in [0.2, 0.25) is 0 Å². The average Bonchev–Trinajstić information content (AvgIpc) is 3.24. The number of aromatic nitrogens is 2. The van der Waals surface area contributed by atoms with Gasteiger partial charge in [0.25, 0.3) is 0 Å². The van der Waals surface area contributed by atoms with E-state index in [9.17, 15) is 0 Å². The molecular weight excluding hydrogens is 473 g/mol. The van der Waals surface area contributed by atoms with Crippen molar-refractivity contribution in [3.8, 4) is 0 Å². The lowest BCUT2D eigenvalue weighted by atomic mass is 10.0. The molecule has 0 amide bonds. The number of rotatable bonds is 6. The van der Waals surface area contributed by atoms with Crippen LogP contribution < -0.4 is 5.32 Å². The first-order valence-corrected chi connectivity index (χ1v) is 10.3. The van der Waals surface area contributed by atoms with Crippen LogP contribution in [0.15, 0.2) is 15.6 Å². The van der Waals surface area contributed by atoms with Gasteiger partial charge in [-0.05, 0) is 38.5 Å². The molecule has 1 aliphatic rings. The van der Waals surface area contributed by atoms with Crippen LogP contribution in [0.5, 0.6) is 0 Å². The molecule has 0 saturated carbocycles. The van der Waals surface area contributed by atoms with Crippen molar-refractivity contribution in [2.45, 2.75) is 65.5 Å². The highest BCUT2D eigenvalue weighted by Crippen LogP contribution is 2.27. The van der Waals surface area contributed by atoms with Crippen LogP contribution in [0.2, 0.25) is 0 Å². The third-order valence-corrected chi connectivity index (χ3v) is 5.65. The van der Waals surface area contributed by atoms with Gasteiger partial charge in [-0.2, -0.15) is 0 Å². The number of aliphatic imine (C=N–C) groups is 1. The molecule has 1 aliphatic carbocycles. The van der Waals surface area contributed by atoms with Crippen molar-refractivity contribution in [2.24, 2.45) is 4.99 Å². The van der Waals surface area contributed by atoms with E-state index >= 15 is 0 Å². The number of nitrogens with zero attached hydrogens (tertiary/aromatic N) is 4. The Morgan fingerprint density at radius 1 is 1.37 bits per heavy atom. The van der Waals surface area contributed by atoms with Crippen LogP contribution in [0.4, 0.5) is 0 Å². The molecule has 6 nitrogen and oxygen atoms in total. The van der Waals surface area contributed by atoms with Crippen LogP contribution in [-0.2, 0) is 25.9 Å². The zero-order valence-electron chi connectivity index (χ0n) is 16.6. The van der Waals surface area contributed by atoms with Crippen LogP contribution in [0.3, 0.4) is 0 Å². The SMILES string of the molecule is CCNC(=NCc1cc(C(C)C)no1)N(C)Cc1nc2c(s1)CCCC2.I. The molecule has 3 rings (SSSR count).